The fourth-order valence-corrected chi connectivity index (χ4v) is 3.06. The molecular formula is C18H18IN. The lowest BCUT2D eigenvalue weighted by Gasteiger charge is -2.10. The predicted octanol–water partition coefficient (Wildman–Crippen LogP) is 5.56. The van der Waals surface area contributed by atoms with Gasteiger partial charge in [0.05, 0.1) is 5.56 Å². The summed E-state index contributed by atoms with van der Waals surface area (Å²) >= 11 is 2.28. The maximum absolute atomic E-state index is 9.33. The van der Waals surface area contributed by atoms with Crippen molar-refractivity contribution in [1.82, 2.24) is 0 Å². The zero-order valence-corrected chi connectivity index (χ0v) is 13.9. The van der Waals surface area contributed by atoms with Crippen LogP contribution in [-0.4, -0.2) is 0 Å². The molecular weight excluding hydrogens is 357 g/mol. The zero-order valence-electron chi connectivity index (χ0n) is 11.7. The average Bonchev–Trinajstić information content (AvgIpc) is 2.49. The van der Waals surface area contributed by atoms with Crippen LogP contribution in [0.25, 0.3) is 11.1 Å². The third-order valence-electron chi connectivity index (χ3n) is 3.41. The van der Waals surface area contributed by atoms with Gasteiger partial charge in [0.15, 0.2) is 0 Å². The number of aryl methyl sites for hydroxylation is 1. The first-order valence-corrected chi connectivity index (χ1v) is 8.12. The molecule has 20 heavy (non-hydrogen) atoms. The van der Waals surface area contributed by atoms with E-state index in [9.17, 15) is 5.26 Å². The van der Waals surface area contributed by atoms with Crippen molar-refractivity contribution in [1.29, 1.82) is 5.26 Å². The summed E-state index contributed by atoms with van der Waals surface area (Å²) in [7, 11) is 0. The lowest BCUT2D eigenvalue weighted by atomic mass is 9.97. The number of unbranched alkanes of at least 4 members (excludes halogenated alkanes) is 2. The topological polar surface area (TPSA) is 23.8 Å². The highest BCUT2D eigenvalue weighted by molar-refractivity contribution is 14.1. The van der Waals surface area contributed by atoms with E-state index >= 15 is 0 Å². The molecule has 0 heterocycles. The first-order valence-electron chi connectivity index (χ1n) is 7.04. The Balaban J connectivity index is 2.40. The van der Waals surface area contributed by atoms with E-state index in [2.05, 4.69) is 53.8 Å². The van der Waals surface area contributed by atoms with E-state index in [4.69, 9.17) is 0 Å². The number of nitriles is 1. The number of benzene rings is 2. The van der Waals surface area contributed by atoms with Gasteiger partial charge in [0.2, 0.25) is 0 Å². The molecule has 0 unspecified atom stereocenters. The van der Waals surface area contributed by atoms with Crippen molar-refractivity contribution >= 4 is 22.6 Å². The van der Waals surface area contributed by atoms with Crippen molar-refractivity contribution in [2.75, 3.05) is 0 Å². The minimum absolute atomic E-state index is 0.790. The summed E-state index contributed by atoms with van der Waals surface area (Å²) < 4.78 is 1.05. The van der Waals surface area contributed by atoms with Gasteiger partial charge < -0.3 is 0 Å². The molecule has 0 saturated heterocycles. The fraction of sp³-hybridized carbons (Fsp3) is 0.278. The molecule has 102 valence electrons. The zero-order chi connectivity index (χ0) is 14.4. The van der Waals surface area contributed by atoms with Crippen molar-refractivity contribution in [3.63, 3.8) is 0 Å². The molecule has 0 aliphatic carbocycles. The molecule has 0 radical (unpaired) electrons. The van der Waals surface area contributed by atoms with E-state index in [1.165, 1.54) is 36.0 Å². The molecule has 0 aliphatic rings. The minimum atomic E-state index is 0.790. The molecule has 2 rings (SSSR count). The largest absolute Gasteiger partial charge is 0.192 e. The fourth-order valence-electron chi connectivity index (χ4n) is 2.32. The highest BCUT2D eigenvalue weighted by Crippen LogP contribution is 2.29. The van der Waals surface area contributed by atoms with Gasteiger partial charge in [-0.05, 0) is 58.2 Å². The van der Waals surface area contributed by atoms with Crippen molar-refractivity contribution in [2.45, 2.75) is 32.6 Å². The van der Waals surface area contributed by atoms with E-state index in [0.717, 1.165) is 15.6 Å². The predicted molar refractivity (Wildman–Crippen MR) is 92.5 cm³/mol. The standard InChI is InChI=1S/C18H18IN/c1-2-3-5-8-14-11-16(13-20)18(19)17(12-14)15-9-6-4-7-10-15/h4,6-7,9-12H,2-3,5,8H2,1H3. The lowest BCUT2D eigenvalue weighted by molar-refractivity contribution is 0.717. The van der Waals surface area contributed by atoms with Crippen LogP contribution in [0, 0.1) is 14.9 Å². The molecule has 2 heteroatoms. The van der Waals surface area contributed by atoms with Crippen molar-refractivity contribution < 1.29 is 0 Å². The summed E-state index contributed by atoms with van der Waals surface area (Å²) in [6, 6.07) is 16.9. The molecule has 2 aromatic carbocycles. The second-order valence-electron chi connectivity index (χ2n) is 4.94. The van der Waals surface area contributed by atoms with Crippen LogP contribution in [0.5, 0.6) is 0 Å². The third-order valence-corrected chi connectivity index (χ3v) is 4.57. The van der Waals surface area contributed by atoms with Crippen LogP contribution in [0.3, 0.4) is 0 Å². The highest BCUT2D eigenvalue weighted by atomic mass is 127. The van der Waals surface area contributed by atoms with Gasteiger partial charge >= 0.3 is 0 Å². The second-order valence-corrected chi connectivity index (χ2v) is 6.02. The van der Waals surface area contributed by atoms with Crippen LogP contribution >= 0.6 is 22.6 Å². The Morgan fingerprint density at radius 3 is 2.50 bits per heavy atom. The summed E-state index contributed by atoms with van der Waals surface area (Å²) in [5, 5.41) is 9.33. The first-order chi connectivity index (χ1) is 9.76. The van der Waals surface area contributed by atoms with Gasteiger partial charge in [-0.2, -0.15) is 5.26 Å². The van der Waals surface area contributed by atoms with Gasteiger partial charge in [0, 0.05) is 3.57 Å². The van der Waals surface area contributed by atoms with Crippen molar-refractivity contribution in [3.8, 4) is 17.2 Å². The Hall–Kier alpha value is -1.34. The van der Waals surface area contributed by atoms with E-state index < -0.39 is 0 Å². The van der Waals surface area contributed by atoms with E-state index in [1.54, 1.807) is 0 Å². The summed E-state index contributed by atoms with van der Waals surface area (Å²) in [5.74, 6) is 0. The normalized spacial score (nSPS) is 10.2. The quantitative estimate of drug-likeness (QED) is 0.496. The number of rotatable bonds is 5. The molecule has 0 saturated carbocycles. The second kappa shape index (κ2) is 7.44. The monoisotopic (exact) mass is 375 g/mol. The van der Waals surface area contributed by atoms with Gasteiger partial charge in [-0.3, -0.25) is 0 Å². The van der Waals surface area contributed by atoms with Crippen molar-refractivity contribution in [3.05, 3.63) is 57.2 Å². The van der Waals surface area contributed by atoms with E-state index in [0.29, 0.717) is 0 Å². The third kappa shape index (κ3) is 3.61. The van der Waals surface area contributed by atoms with Crippen LogP contribution in [0.1, 0.15) is 37.3 Å². The Kier molecular flexibility index (Phi) is 5.60. The maximum atomic E-state index is 9.33. The number of nitrogens with zero attached hydrogens (tertiary/aromatic N) is 1. The summed E-state index contributed by atoms with van der Waals surface area (Å²) in [5.41, 5.74) is 4.43. The van der Waals surface area contributed by atoms with Crippen LogP contribution in [0.4, 0.5) is 0 Å². The molecule has 0 amide bonds. The Bertz CT molecular complexity index is 611. The minimum Gasteiger partial charge on any atom is -0.192 e. The smallest absolute Gasteiger partial charge is 0.100 e. The Morgan fingerprint density at radius 2 is 1.85 bits per heavy atom. The van der Waals surface area contributed by atoms with Gasteiger partial charge in [0.1, 0.15) is 6.07 Å². The molecule has 0 atom stereocenters. The number of hydrogen-bond donors (Lipinski definition) is 0. The Morgan fingerprint density at radius 1 is 1.10 bits per heavy atom. The van der Waals surface area contributed by atoms with Gasteiger partial charge in [-0.1, -0.05) is 56.2 Å². The molecule has 0 aliphatic heterocycles. The Labute approximate surface area is 134 Å². The summed E-state index contributed by atoms with van der Waals surface area (Å²) in [6.07, 6.45) is 4.71. The molecule has 1 nitrogen and oxygen atoms in total. The highest BCUT2D eigenvalue weighted by Gasteiger charge is 2.10. The van der Waals surface area contributed by atoms with Crippen LogP contribution in [0.15, 0.2) is 42.5 Å². The van der Waals surface area contributed by atoms with Crippen molar-refractivity contribution in [2.24, 2.45) is 0 Å². The molecule has 2 aromatic rings. The molecule has 0 N–H and O–H groups in total. The maximum Gasteiger partial charge on any atom is 0.100 e. The average molecular weight is 375 g/mol. The first kappa shape index (κ1) is 15.1. The molecule has 0 fully saturated rings. The molecule has 0 spiro atoms. The number of hydrogen-bond acceptors (Lipinski definition) is 1. The van der Waals surface area contributed by atoms with Crippen LogP contribution < -0.4 is 0 Å². The lowest BCUT2D eigenvalue weighted by Crippen LogP contribution is -1.94. The van der Waals surface area contributed by atoms with Gasteiger partial charge in [-0.15, -0.1) is 0 Å². The van der Waals surface area contributed by atoms with Gasteiger partial charge in [-0.25, -0.2) is 0 Å². The molecule has 0 bridgehead atoms. The summed E-state index contributed by atoms with van der Waals surface area (Å²) in [4.78, 5) is 0. The molecule has 0 aromatic heterocycles. The van der Waals surface area contributed by atoms with Crippen LogP contribution in [-0.2, 0) is 6.42 Å². The number of halogens is 1. The SMILES string of the molecule is CCCCCc1cc(C#N)c(I)c(-c2ccccc2)c1. The van der Waals surface area contributed by atoms with E-state index in [-0.39, 0.29) is 0 Å². The van der Waals surface area contributed by atoms with Crippen LogP contribution in [0.2, 0.25) is 0 Å². The van der Waals surface area contributed by atoms with Gasteiger partial charge in [0.25, 0.3) is 0 Å². The van der Waals surface area contributed by atoms with E-state index in [1.807, 2.05) is 24.3 Å². The summed E-state index contributed by atoms with van der Waals surface area (Å²) in [6.45, 7) is 2.21.